The second kappa shape index (κ2) is 4.42. The number of alkyl halides is 1. The van der Waals surface area contributed by atoms with Gasteiger partial charge in [-0.2, -0.15) is 0 Å². The van der Waals surface area contributed by atoms with Gasteiger partial charge in [0.25, 0.3) is 0 Å². The van der Waals surface area contributed by atoms with E-state index in [4.69, 9.17) is 5.73 Å². The molecule has 3 heteroatoms. The molecule has 0 atom stereocenters. The Morgan fingerprint density at radius 1 is 1.54 bits per heavy atom. The van der Waals surface area contributed by atoms with E-state index in [2.05, 4.69) is 15.9 Å². The Morgan fingerprint density at radius 3 is 2.77 bits per heavy atom. The van der Waals surface area contributed by atoms with Gasteiger partial charge >= 0.3 is 0 Å². The Hall–Kier alpha value is -0.830. The van der Waals surface area contributed by atoms with Crippen molar-refractivity contribution in [2.24, 2.45) is 0 Å². The molecule has 1 rings (SSSR count). The highest BCUT2D eigenvalue weighted by Crippen LogP contribution is 2.20. The fourth-order valence-corrected chi connectivity index (χ4v) is 1.94. The molecule has 0 saturated heterocycles. The average molecular weight is 242 g/mol. The van der Waals surface area contributed by atoms with Crippen molar-refractivity contribution >= 4 is 27.4 Å². The van der Waals surface area contributed by atoms with Crippen LogP contribution in [0.3, 0.4) is 0 Å². The molecule has 0 radical (unpaired) electrons. The number of Topliss-reactive ketones (excluding diaryl/α,β-unsaturated/α-hetero) is 1. The fourth-order valence-electron chi connectivity index (χ4n) is 1.25. The monoisotopic (exact) mass is 241 g/mol. The van der Waals surface area contributed by atoms with Crippen molar-refractivity contribution in [3.05, 3.63) is 29.3 Å². The van der Waals surface area contributed by atoms with E-state index in [-0.39, 0.29) is 5.78 Å². The van der Waals surface area contributed by atoms with Crippen LogP contribution >= 0.6 is 15.9 Å². The Morgan fingerprint density at radius 2 is 2.23 bits per heavy atom. The van der Waals surface area contributed by atoms with Crippen LogP contribution in [0.15, 0.2) is 18.2 Å². The van der Waals surface area contributed by atoms with Crippen LogP contribution in [0.5, 0.6) is 0 Å². The first-order valence-corrected chi connectivity index (χ1v) is 5.19. The van der Waals surface area contributed by atoms with Crippen LogP contribution in [0.1, 0.15) is 18.1 Å². The molecule has 0 fully saturated rings. The van der Waals surface area contributed by atoms with E-state index in [9.17, 15) is 4.79 Å². The minimum atomic E-state index is 0.160. The van der Waals surface area contributed by atoms with Crippen LogP contribution in [-0.4, -0.2) is 5.78 Å². The first-order valence-electron chi connectivity index (χ1n) is 4.06. The molecule has 0 amide bonds. The smallest absolute Gasteiger partial charge is 0.134 e. The molecule has 0 aliphatic rings. The van der Waals surface area contributed by atoms with Gasteiger partial charge in [0.15, 0.2) is 0 Å². The molecule has 0 aromatic heterocycles. The summed E-state index contributed by atoms with van der Waals surface area (Å²) in [4.78, 5) is 10.9. The summed E-state index contributed by atoms with van der Waals surface area (Å²) in [7, 11) is 0. The lowest BCUT2D eigenvalue weighted by Crippen LogP contribution is -2.02. The molecule has 2 N–H and O–H groups in total. The Labute approximate surface area is 86.3 Å². The standard InChI is InChI=1S/C10H12BrNO/c1-7(13)5-8-3-2-4-10(12)9(8)6-11/h2-4H,5-6,12H2,1H3. The molecule has 0 heterocycles. The van der Waals surface area contributed by atoms with E-state index in [0.717, 1.165) is 16.8 Å². The van der Waals surface area contributed by atoms with E-state index in [1.807, 2.05) is 18.2 Å². The number of nitrogens with two attached hydrogens (primary N) is 1. The van der Waals surface area contributed by atoms with Crippen molar-refractivity contribution in [2.75, 3.05) is 5.73 Å². The van der Waals surface area contributed by atoms with Gasteiger partial charge in [0.05, 0.1) is 0 Å². The number of benzene rings is 1. The van der Waals surface area contributed by atoms with E-state index in [1.165, 1.54) is 0 Å². The van der Waals surface area contributed by atoms with Crippen molar-refractivity contribution in [1.29, 1.82) is 0 Å². The molecule has 0 saturated carbocycles. The number of nitrogen functional groups attached to an aromatic ring is 1. The Kier molecular flexibility index (Phi) is 3.48. The van der Waals surface area contributed by atoms with Crippen molar-refractivity contribution in [1.82, 2.24) is 0 Å². The minimum absolute atomic E-state index is 0.160. The zero-order chi connectivity index (χ0) is 9.84. The summed E-state index contributed by atoms with van der Waals surface area (Å²) in [6.07, 6.45) is 0.464. The van der Waals surface area contributed by atoms with E-state index < -0.39 is 0 Å². The third-order valence-electron chi connectivity index (χ3n) is 1.88. The highest BCUT2D eigenvalue weighted by molar-refractivity contribution is 9.08. The molecule has 1 aromatic rings. The van der Waals surface area contributed by atoms with Crippen LogP contribution in [0.25, 0.3) is 0 Å². The van der Waals surface area contributed by atoms with E-state index >= 15 is 0 Å². The maximum Gasteiger partial charge on any atom is 0.134 e. The predicted octanol–water partition coefficient (Wildman–Crippen LogP) is 2.30. The second-order valence-corrected chi connectivity index (χ2v) is 3.56. The van der Waals surface area contributed by atoms with Gasteiger partial charge in [-0.05, 0) is 24.1 Å². The van der Waals surface area contributed by atoms with Gasteiger partial charge in [-0.15, -0.1) is 0 Å². The third-order valence-corrected chi connectivity index (χ3v) is 2.44. The zero-order valence-corrected chi connectivity index (χ0v) is 9.10. The molecular weight excluding hydrogens is 230 g/mol. The third kappa shape index (κ3) is 2.56. The first-order chi connectivity index (χ1) is 6.15. The van der Waals surface area contributed by atoms with Crippen molar-refractivity contribution in [3.8, 4) is 0 Å². The molecule has 1 aromatic carbocycles. The average Bonchev–Trinajstić information content (AvgIpc) is 2.03. The van der Waals surface area contributed by atoms with Crippen LogP contribution < -0.4 is 5.73 Å². The largest absolute Gasteiger partial charge is 0.398 e. The molecule has 2 nitrogen and oxygen atoms in total. The molecule has 0 spiro atoms. The second-order valence-electron chi connectivity index (χ2n) is 3.00. The predicted molar refractivity (Wildman–Crippen MR) is 57.9 cm³/mol. The topological polar surface area (TPSA) is 43.1 Å². The molecule has 0 aliphatic heterocycles. The number of carbonyl (C=O) groups excluding carboxylic acids is 1. The van der Waals surface area contributed by atoms with E-state index in [0.29, 0.717) is 11.8 Å². The number of halogens is 1. The summed E-state index contributed by atoms with van der Waals surface area (Å²) in [5, 5.41) is 0.697. The highest BCUT2D eigenvalue weighted by atomic mass is 79.9. The lowest BCUT2D eigenvalue weighted by atomic mass is 10.0. The van der Waals surface area contributed by atoms with Crippen LogP contribution in [-0.2, 0) is 16.5 Å². The van der Waals surface area contributed by atoms with Gasteiger partial charge in [-0.1, -0.05) is 28.1 Å². The summed E-state index contributed by atoms with van der Waals surface area (Å²) in [6, 6.07) is 5.66. The maximum absolute atomic E-state index is 10.9. The summed E-state index contributed by atoms with van der Waals surface area (Å²) in [6.45, 7) is 1.58. The number of ketones is 1. The molecule has 70 valence electrons. The molecule has 13 heavy (non-hydrogen) atoms. The minimum Gasteiger partial charge on any atom is -0.398 e. The number of carbonyl (C=O) groups is 1. The van der Waals surface area contributed by atoms with Gasteiger partial charge < -0.3 is 5.73 Å². The summed E-state index contributed by atoms with van der Waals surface area (Å²) < 4.78 is 0. The lowest BCUT2D eigenvalue weighted by molar-refractivity contribution is -0.116. The summed E-state index contributed by atoms with van der Waals surface area (Å²) in [5.41, 5.74) is 8.56. The van der Waals surface area contributed by atoms with Crippen molar-refractivity contribution in [2.45, 2.75) is 18.7 Å². The van der Waals surface area contributed by atoms with E-state index in [1.54, 1.807) is 6.92 Å². The van der Waals surface area contributed by atoms with Gasteiger partial charge in [-0.3, -0.25) is 4.79 Å². The van der Waals surface area contributed by atoms with Gasteiger partial charge in [0.1, 0.15) is 5.78 Å². The van der Waals surface area contributed by atoms with Gasteiger partial charge in [0.2, 0.25) is 0 Å². The fraction of sp³-hybridized carbons (Fsp3) is 0.300. The number of hydrogen-bond acceptors (Lipinski definition) is 2. The Bertz CT molecular complexity index is 323. The lowest BCUT2D eigenvalue weighted by Gasteiger charge is -2.07. The van der Waals surface area contributed by atoms with Gasteiger partial charge in [0, 0.05) is 17.4 Å². The highest BCUT2D eigenvalue weighted by Gasteiger charge is 2.06. The van der Waals surface area contributed by atoms with Crippen molar-refractivity contribution in [3.63, 3.8) is 0 Å². The molecule has 0 unspecified atom stereocenters. The zero-order valence-electron chi connectivity index (χ0n) is 7.51. The quantitative estimate of drug-likeness (QED) is 0.652. The van der Waals surface area contributed by atoms with Gasteiger partial charge in [-0.25, -0.2) is 0 Å². The number of hydrogen-bond donors (Lipinski definition) is 1. The summed E-state index contributed by atoms with van der Waals surface area (Å²) >= 11 is 3.36. The SMILES string of the molecule is CC(=O)Cc1cccc(N)c1CBr. The first kappa shape index (κ1) is 10.3. The normalized spacial score (nSPS) is 10.0. The maximum atomic E-state index is 10.9. The number of rotatable bonds is 3. The summed E-state index contributed by atoms with van der Waals surface area (Å²) in [5.74, 6) is 0.160. The number of anilines is 1. The molecule has 0 bridgehead atoms. The van der Waals surface area contributed by atoms with Crippen molar-refractivity contribution < 1.29 is 4.79 Å². The van der Waals surface area contributed by atoms with Crippen LogP contribution in [0.4, 0.5) is 5.69 Å². The Balaban J connectivity index is 3.05. The van der Waals surface area contributed by atoms with Crippen LogP contribution in [0.2, 0.25) is 0 Å². The molecule has 0 aliphatic carbocycles. The van der Waals surface area contributed by atoms with Crippen LogP contribution in [0, 0.1) is 0 Å². The molecular formula is C10H12BrNO.